The van der Waals surface area contributed by atoms with E-state index in [1.165, 1.54) is 21.5 Å². The normalized spacial score (nSPS) is 16.0. The van der Waals surface area contributed by atoms with Gasteiger partial charge in [0, 0.05) is 30.4 Å². The maximum Gasteiger partial charge on any atom is 0.191 e. The van der Waals surface area contributed by atoms with E-state index in [-0.39, 0.29) is 0 Å². The van der Waals surface area contributed by atoms with E-state index in [0.717, 1.165) is 25.5 Å². The fraction of sp³-hybridized carbons (Fsp3) is 0.583. The van der Waals surface area contributed by atoms with Crippen molar-refractivity contribution in [2.75, 3.05) is 13.1 Å². The number of halogens is 1. The number of hydrogen-bond acceptors (Lipinski definition) is 2. The quantitative estimate of drug-likeness (QED) is 0.647. The highest BCUT2D eigenvalue weighted by atomic mass is 79.9. The summed E-state index contributed by atoms with van der Waals surface area (Å²) in [7, 11) is 0. The molecule has 5 heteroatoms. The number of guanidine groups is 1. The zero-order valence-electron chi connectivity index (χ0n) is 10.0. The van der Waals surface area contributed by atoms with E-state index in [0.29, 0.717) is 6.04 Å². The fourth-order valence-corrected chi connectivity index (χ4v) is 2.98. The van der Waals surface area contributed by atoms with Crippen LogP contribution in [0.15, 0.2) is 20.9 Å². The van der Waals surface area contributed by atoms with Gasteiger partial charge in [-0.25, -0.2) is 0 Å². The lowest BCUT2D eigenvalue weighted by Gasteiger charge is -2.09. The lowest BCUT2D eigenvalue weighted by molar-refractivity contribution is 0.809. The molecule has 1 heterocycles. The number of rotatable bonds is 5. The summed E-state index contributed by atoms with van der Waals surface area (Å²) >= 11 is 5.26. The molecule has 0 spiro atoms. The van der Waals surface area contributed by atoms with E-state index in [9.17, 15) is 0 Å². The smallest absolute Gasteiger partial charge is 0.191 e. The minimum atomic E-state index is 0.656. The maximum absolute atomic E-state index is 4.58. The highest BCUT2D eigenvalue weighted by molar-refractivity contribution is 9.11. The lowest BCUT2D eigenvalue weighted by Crippen LogP contribution is -2.38. The summed E-state index contributed by atoms with van der Waals surface area (Å²) in [6.45, 7) is 3.86. The van der Waals surface area contributed by atoms with Gasteiger partial charge in [0.2, 0.25) is 0 Å². The number of thiophene rings is 1. The van der Waals surface area contributed by atoms with Crippen LogP contribution in [0.3, 0.4) is 0 Å². The third-order valence-corrected chi connectivity index (χ3v) is 4.20. The summed E-state index contributed by atoms with van der Waals surface area (Å²) in [6.07, 6.45) is 3.57. The van der Waals surface area contributed by atoms with Crippen LogP contribution in [0.25, 0.3) is 0 Å². The molecule has 0 aliphatic heterocycles. The average Bonchev–Trinajstić information content (AvgIpc) is 3.01. The molecule has 94 valence electrons. The zero-order valence-corrected chi connectivity index (χ0v) is 12.4. The summed E-state index contributed by atoms with van der Waals surface area (Å²) in [6, 6.07) is 4.91. The molecule has 2 rings (SSSR count). The van der Waals surface area contributed by atoms with Crippen LogP contribution < -0.4 is 10.6 Å². The largest absolute Gasteiger partial charge is 0.357 e. The molecule has 0 aromatic carbocycles. The molecular formula is C12H18BrN3S. The van der Waals surface area contributed by atoms with Crippen LogP contribution in [0.5, 0.6) is 0 Å². The van der Waals surface area contributed by atoms with E-state index in [2.05, 4.69) is 50.6 Å². The highest BCUT2D eigenvalue weighted by Crippen LogP contribution is 2.22. The SMILES string of the molecule is CCNC(=NCCc1ccc(Br)s1)NC1CC1. The minimum Gasteiger partial charge on any atom is -0.357 e. The standard InChI is InChI=1S/C12H18BrN3S/c1-2-14-12(16-9-3-4-9)15-8-7-10-5-6-11(13)17-10/h5-6,9H,2-4,7-8H2,1H3,(H2,14,15,16). The van der Waals surface area contributed by atoms with Crippen LogP contribution in [-0.4, -0.2) is 25.1 Å². The molecule has 0 atom stereocenters. The van der Waals surface area contributed by atoms with Crippen molar-refractivity contribution in [2.45, 2.75) is 32.2 Å². The first-order chi connectivity index (χ1) is 8.28. The minimum absolute atomic E-state index is 0.656. The Kier molecular flexibility index (Phi) is 4.86. The summed E-state index contributed by atoms with van der Waals surface area (Å²) < 4.78 is 1.19. The zero-order chi connectivity index (χ0) is 12.1. The third-order valence-electron chi connectivity index (χ3n) is 2.52. The predicted octanol–water partition coefficient (Wildman–Crippen LogP) is 2.77. The highest BCUT2D eigenvalue weighted by Gasteiger charge is 2.21. The molecule has 0 amide bonds. The Labute approximate surface area is 115 Å². The second-order valence-corrected chi connectivity index (χ2v) is 6.68. The molecule has 0 radical (unpaired) electrons. The maximum atomic E-state index is 4.58. The molecule has 0 unspecified atom stereocenters. The molecule has 1 aliphatic rings. The van der Waals surface area contributed by atoms with Gasteiger partial charge < -0.3 is 10.6 Å². The molecule has 17 heavy (non-hydrogen) atoms. The molecule has 1 saturated carbocycles. The van der Waals surface area contributed by atoms with Gasteiger partial charge in [-0.05, 0) is 47.8 Å². The van der Waals surface area contributed by atoms with Gasteiger partial charge in [-0.2, -0.15) is 0 Å². The van der Waals surface area contributed by atoms with Gasteiger partial charge in [-0.3, -0.25) is 4.99 Å². The van der Waals surface area contributed by atoms with Crippen molar-refractivity contribution < 1.29 is 0 Å². The van der Waals surface area contributed by atoms with Crippen LogP contribution in [-0.2, 0) is 6.42 Å². The molecule has 1 fully saturated rings. The van der Waals surface area contributed by atoms with Gasteiger partial charge >= 0.3 is 0 Å². The van der Waals surface area contributed by atoms with Crippen molar-refractivity contribution in [1.82, 2.24) is 10.6 Å². The molecule has 0 bridgehead atoms. The van der Waals surface area contributed by atoms with Crippen molar-refractivity contribution in [3.63, 3.8) is 0 Å². The first-order valence-corrected chi connectivity index (χ1v) is 7.68. The third kappa shape index (κ3) is 4.68. The first-order valence-electron chi connectivity index (χ1n) is 6.07. The molecule has 3 nitrogen and oxygen atoms in total. The number of nitrogens with zero attached hydrogens (tertiary/aromatic N) is 1. The Bertz CT molecular complexity index is 385. The Hall–Kier alpha value is -0.550. The van der Waals surface area contributed by atoms with Crippen LogP contribution in [0, 0.1) is 0 Å². The van der Waals surface area contributed by atoms with Crippen LogP contribution in [0.1, 0.15) is 24.6 Å². The lowest BCUT2D eigenvalue weighted by atomic mass is 10.3. The van der Waals surface area contributed by atoms with Crippen LogP contribution >= 0.6 is 27.3 Å². The van der Waals surface area contributed by atoms with Gasteiger partial charge in [0.15, 0.2) is 5.96 Å². The summed E-state index contributed by atoms with van der Waals surface area (Å²) in [5, 5.41) is 6.69. The number of aliphatic imine (C=N–C) groups is 1. The van der Waals surface area contributed by atoms with Gasteiger partial charge in [0.1, 0.15) is 0 Å². The van der Waals surface area contributed by atoms with Crippen molar-refractivity contribution in [3.8, 4) is 0 Å². The predicted molar refractivity (Wildman–Crippen MR) is 77.9 cm³/mol. The second kappa shape index (κ2) is 6.40. The Morgan fingerprint density at radius 2 is 2.35 bits per heavy atom. The van der Waals surface area contributed by atoms with Crippen LogP contribution in [0.2, 0.25) is 0 Å². The average molecular weight is 316 g/mol. The van der Waals surface area contributed by atoms with Gasteiger partial charge in [0.25, 0.3) is 0 Å². The van der Waals surface area contributed by atoms with E-state index in [4.69, 9.17) is 0 Å². The van der Waals surface area contributed by atoms with Crippen molar-refractivity contribution in [3.05, 3.63) is 20.8 Å². The Morgan fingerprint density at radius 1 is 1.53 bits per heavy atom. The number of hydrogen-bond donors (Lipinski definition) is 2. The van der Waals surface area contributed by atoms with Crippen molar-refractivity contribution in [2.24, 2.45) is 4.99 Å². The van der Waals surface area contributed by atoms with Gasteiger partial charge in [-0.1, -0.05) is 0 Å². The number of nitrogens with one attached hydrogen (secondary N) is 2. The topological polar surface area (TPSA) is 36.4 Å². The van der Waals surface area contributed by atoms with E-state index >= 15 is 0 Å². The molecule has 1 aromatic heterocycles. The summed E-state index contributed by atoms with van der Waals surface area (Å²) in [5.74, 6) is 0.964. The Morgan fingerprint density at radius 3 is 2.94 bits per heavy atom. The summed E-state index contributed by atoms with van der Waals surface area (Å²) in [4.78, 5) is 5.96. The Balaban J connectivity index is 1.79. The van der Waals surface area contributed by atoms with Crippen LogP contribution in [0.4, 0.5) is 0 Å². The van der Waals surface area contributed by atoms with Crippen molar-refractivity contribution >= 4 is 33.2 Å². The van der Waals surface area contributed by atoms with Crippen molar-refractivity contribution in [1.29, 1.82) is 0 Å². The monoisotopic (exact) mass is 315 g/mol. The van der Waals surface area contributed by atoms with Gasteiger partial charge in [-0.15, -0.1) is 11.3 Å². The molecule has 1 aliphatic carbocycles. The van der Waals surface area contributed by atoms with E-state index in [1.54, 1.807) is 11.3 Å². The molecule has 0 saturated heterocycles. The van der Waals surface area contributed by atoms with E-state index in [1.807, 2.05) is 0 Å². The second-order valence-electron chi connectivity index (χ2n) is 4.14. The molecule has 2 N–H and O–H groups in total. The summed E-state index contributed by atoms with van der Waals surface area (Å²) in [5.41, 5.74) is 0. The van der Waals surface area contributed by atoms with E-state index < -0.39 is 0 Å². The fourth-order valence-electron chi connectivity index (χ4n) is 1.51. The molecular weight excluding hydrogens is 298 g/mol. The van der Waals surface area contributed by atoms with Gasteiger partial charge in [0.05, 0.1) is 3.79 Å². The first kappa shape index (κ1) is 12.9. The molecule has 1 aromatic rings.